The lowest BCUT2D eigenvalue weighted by Gasteiger charge is -2.23. The van der Waals surface area contributed by atoms with Gasteiger partial charge in [-0.3, -0.25) is 5.32 Å². The van der Waals surface area contributed by atoms with E-state index in [1.165, 1.54) is 25.7 Å². The summed E-state index contributed by atoms with van der Waals surface area (Å²) in [7, 11) is 0. The number of fused-ring (bicyclic) bond motifs is 3. The van der Waals surface area contributed by atoms with Gasteiger partial charge < -0.3 is 11.1 Å². The second-order valence-electron chi connectivity index (χ2n) is 7.04. The molecule has 2 heterocycles. The summed E-state index contributed by atoms with van der Waals surface area (Å²) < 4.78 is 1.13. The topological polar surface area (TPSA) is 88.8 Å². The lowest BCUT2D eigenvalue weighted by atomic mass is 9.95. The summed E-state index contributed by atoms with van der Waals surface area (Å²) in [5.41, 5.74) is 6.96. The number of nitrogens with two attached hydrogens (primary N) is 1. The van der Waals surface area contributed by atoms with E-state index in [2.05, 4.69) is 31.7 Å². The van der Waals surface area contributed by atoms with Crippen LogP contribution in [0.4, 0.5) is 22.7 Å². The van der Waals surface area contributed by atoms with Crippen LogP contribution in [0.5, 0.6) is 0 Å². The molecule has 2 fully saturated rings. The molecule has 25 heavy (non-hydrogen) atoms. The van der Waals surface area contributed by atoms with E-state index in [1.807, 2.05) is 24.3 Å². The van der Waals surface area contributed by atoms with E-state index in [4.69, 9.17) is 5.73 Å². The number of para-hydroxylation sites is 1. The highest BCUT2D eigenvalue weighted by Gasteiger charge is 2.39. The highest BCUT2D eigenvalue weighted by Crippen LogP contribution is 2.45. The first-order valence-electron chi connectivity index (χ1n) is 8.76. The maximum Gasteiger partial charge on any atom is 0.232 e. The van der Waals surface area contributed by atoms with E-state index in [0.29, 0.717) is 17.8 Å². The van der Waals surface area contributed by atoms with E-state index in [9.17, 15) is 0 Å². The Morgan fingerprint density at radius 3 is 2.80 bits per heavy atom. The lowest BCUT2D eigenvalue weighted by molar-refractivity contribution is 0.439. The molecule has 3 atom stereocenters. The number of rotatable bonds is 4. The van der Waals surface area contributed by atoms with Crippen LogP contribution in [0.3, 0.4) is 0 Å². The monoisotopic (exact) mass is 352 g/mol. The van der Waals surface area contributed by atoms with E-state index in [0.717, 1.165) is 33.0 Å². The van der Waals surface area contributed by atoms with Gasteiger partial charge in [-0.2, -0.15) is 9.97 Å². The summed E-state index contributed by atoms with van der Waals surface area (Å²) in [5, 5.41) is 7.55. The Balaban J connectivity index is 1.37. The smallest absolute Gasteiger partial charge is 0.232 e. The number of nitrogens with one attached hydrogen (secondary N) is 2. The summed E-state index contributed by atoms with van der Waals surface area (Å²) in [6.07, 6.45) is 5.32. The molecule has 128 valence electrons. The van der Waals surface area contributed by atoms with E-state index >= 15 is 0 Å². The minimum atomic E-state index is 0.462. The second kappa shape index (κ2) is 5.84. The van der Waals surface area contributed by atoms with Crippen molar-refractivity contribution < 1.29 is 0 Å². The predicted molar refractivity (Wildman–Crippen MR) is 102 cm³/mol. The molecule has 4 N–H and O–H groups in total. The van der Waals surface area contributed by atoms with Gasteiger partial charge in [0.2, 0.25) is 5.95 Å². The Bertz CT molecular complexity index is 890. The van der Waals surface area contributed by atoms with Crippen molar-refractivity contribution in [3.8, 4) is 0 Å². The third-order valence-electron chi connectivity index (χ3n) is 5.33. The van der Waals surface area contributed by atoms with Gasteiger partial charge in [0.15, 0.2) is 5.13 Å². The normalized spacial score (nSPS) is 24.7. The molecule has 2 aliphatic rings. The number of anilines is 4. The fourth-order valence-corrected chi connectivity index (χ4v) is 5.09. The number of aromatic nitrogens is 3. The number of nitrogens with zero attached hydrogens (tertiary/aromatic N) is 3. The molecule has 2 saturated carbocycles. The summed E-state index contributed by atoms with van der Waals surface area (Å²) in [5.74, 6) is 3.42. The van der Waals surface area contributed by atoms with Crippen LogP contribution in [0.25, 0.3) is 10.2 Å². The molecule has 0 saturated heterocycles. The third-order valence-corrected chi connectivity index (χ3v) is 6.28. The van der Waals surface area contributed by atoms with Crippen LogP contribution < -0.4 is 16.4 Å². The summed E-state index contributed by atoms with van der Waals surface area (Å²) in [4.78, 5) is 13.5. The second-order valence-corrected chi connectivity index (χ2v) is 8.07. The molecule has 3 aromatic rings. The number of thiazole rings is 1. The van der Waals surface area contributed by atoms with Crippen LogP contribution in [0, 0.1) is 11.8 Å². The highest BCUT2D eigenvalue weighted by molar-refractivity contribution is 7.22. The number of nitrogen functional groups attached to an aromatic ring is 1. The zero-order valence-corrected chi connectivity index (χ0v) is 14.6. The Labute approximate surface area is 149 Å². The lowest BCUT2D eigenvalue weighted by Crippen LogP contribution is -2.26. The van der Waals surface area contributed by atoms with Gasteiger partial charge in [-0.25, -0.2) is 4.98 Å². The van der Waals surface area contributed by atoms with Gasteiger partial charge in [0, 0.05) is 12.1 Å². The molecule has 5 rings (SSSR count). The van der Waals surface area contributed by atoms with Gasteiger partial charge in [-0.05, 0) is 43.2 Å². The average molecular weight is 352 g/mol. The first-order valence-corrected chi connectivity index (χ1v) is 9.58. The zero-order chi connectivity index (χ0) is 16.8. The minimum Gasteiger partial charge on any atom is -0.383 e. The van der Waals surface area contributed by atoms with Crippen molar-refractivity contribution in [3.05, 3.63) is 30.3 Å². The Morgan fingerprint density at radius 2 is 2.00 bits per heavy atom. The van der Waals surface area contributed by atoms with Crippen LogP contribution in [-0.2, 0) is 0 Å². The molecule has 0 spiro atoms. The SMILES string of the molecule is Nc1cc(NC2CC3CCC2C3)nc(Nc2nc3ccccc3s2)n1. The van der Waals surface area contributed by atoms with Crippen LogP contribution in [0.1, 0.15) is 25.7 Å². The van der Waals surface area contributed by atoms with Crippen LogP contribution in [0.15, 0.2) is 30.3 Å². The molecule has 7 heteroatoms. The maximum atomic E-state index is 5.99. The fraction of sp³-hybridized carbons (Fsp3) is 0.389. The number of benzene rings is 1. The highest BCUT2D eigenvalue weighted by atomic mass is 32.1. The van der Waals surface area contributed by atoms with Crippen molar-refractivity contribution in [2.45, 2.75) is 31.7 Å². The van der Waals surface area contributed by atoms with Crippen molar-refractivity contribution in [2.24, 2.45) is 11.8 Å². The number of hydrogen-bond donors (Lipinski definition) is 3. The van der Waals surface area contributed by atoms with Gasteiger partial charge in [0.05, 0.1) is 10.2 Å². The van der Waals surface area contributed by atoms with Gasteiger partial charge in [-0.15, -0.1) is 0 Å². The third kappa shape index (κ3) is 2.89. The zero-order valence-electron chi connectivity index (χ0n) is 13.8. The van der Waals surface area contributed by atoms with Crippen molar-refractivity contribution in [2.75, 3.05) is 16.4 Å². The summed E-state index contributed by atoms with van der Waals surface area (Å²) in [6, 6.07) is 10.4. The van der Waals surface area contributed by atoms with E-state index in [-0.39, 0.29) is 0 Å². The Hall–Kier alpha value is -2.41. The van der Waals surface area contributed by atoms with Crippen molar-refractivity contribution >= 4 is 44.3 Å². The van der Waals surface area contributed by atoms with Crippen LogP contribution >= 0.6 is 11.3 Å². The van der Waals surface area contributed by atoms with Gasteiger partial charge >= 0.3 is 0 Å². The van der Waals surface area contributed by atoms with Crippen molar-refractivity contribution in [1.82, 2.24) is 15.0 Å². The molecule has 2 aromatic heterocycles. The maximum absolute atomic E-state index is 5.99. The quantitative estimate of drug-likeness (QED) is 0.657. The predicted octanol–water partition coefficient (Wildman–Crippen LogP) is 4.01. The standard InChI is InChI=1S/C18H20N6S/c19-15-9-16(20-13-8-10-5-6-11(13)7-10)23-17(22-15)24-18-21-12-3-1-2-4-14(12)25-18/h1-4,9-11,13H,5-8H2,(H4,19,20,21,22,23,24). The van der Waals surface area contributed by atoms with Crippen molar-refractivity contribution in [3.63, 3.8) is 0 Å². The van der Waals surface area contributed by atoms with E-state index < -0.39 is 0 Å². The number of hydrogen-bond acceptors (Lipinski definition) is 7. The molecule has 0 aliphatic heterocycles. The largest absolute Gasteiger partial charge is 0.383 e. The molecule has 0 radical (unpaired) electrons. The van der Waals surface area contributed by atoms with Crippen LogP contribution in [0.2, 0.25) is 0 Å². The molecule has 6 nitrogen and oxygen atoms in total. The van der Waals surface area contributed by atoms with Gasteiger partial charge in [-0.1, -0.05) is 29.9 Å². The van der Waals surface area contributed by atoms with Gasteiger partial charge in [0.25, 0.3) is 0 Å². The average Bonchev–Trinajstić information content (AvgIpc) is 3.28. The first-order chi connectivity index (χ1) is 12.2. The molecule has 2 aliphatic carbocycles. The molecule has 2 bridgehead atoms. The molecule has 3 unspecified atom stereocenters. The minimum absolute atomic E-state index is 0.462. The summed E-state index contributed by atoms with van der Waals surface area (Å²) in [6.45, 7) is 0. The Morgan fingerprint density at radius 1 is 1.08 bits per heavy atom. The van der Waals surface area contributed by atoms with Gasteiger partial charge in [0.1, 0.15) is 11.6 Å². The first kappa shape index (κ1) is 14.9. The fourth-order valence-electron chi connectivity index (χ4n) is 4.23. The van der Waals surface area contributed by atoms with Crippen LogP contribution in [-0.4, -0.2) is 21.0 Å². The molecular weight excluding hydrogens is 332 g/mol. The molecule has 1 aromatic carbocycles. The van der Waals surface area contributed by atoms with Crippen molar-refractivity contribution in [1.29, 1.82) is 0 Å². The molecule has 0 amide bonds. The van der Waals surface area contributed by atoms with E-state index in [1.54, 1.807) is 11.3 Å². The summed E-state index contributed by atoms with van der Waals surface area (Å²) >= 11 is 1.58. The molecular formula is C18H20N6S. The Kier molecular flexibility index (Phi) is 3.48.